The molecule has 3 N–H and O–H groups in total. The number of hydrogen-bond donors (Lipinski definition) is 2. The van der Waals surface area contributed by atoms with Gasteiger partial charge in [-0.05, 0) is 32.0 Å². The average Bonchev–Trinajstić information content (AvgIpc) is 2.32. The van der Waals surface area contributed by atoms with Gasteiger partial charge in [0.25, 0.3) is 0 Å². The first-order valence-corrected chi connectivity index (χ1v) is 7.07. The van der Waals surface area contributed by atoms with Crippen LogP contribution in [0.25, 0.3) is 0 Å². The average molecular weight is 270 g/mol. The van der Waals surface area contributed by atoms with Crippen molar-refractivity contribution in [3.05, 3.63) is 18.2 Å². The predicted octanol–water partition coefficient (Wildman–Crippen LogP) is 0.911. The highest BCUT2D eigenvalue weighted by Crippen LogP contribution is 2.23. The SMILES string of the molecule is CCNC(=O)CS(=O)c1cc(OCC)ccc1N. The van der Waals surface area contributed by atoms with Crippen molar-refractivity contribution >= 4 is 22.4 Å². The smallest absolute Gasteiger partial charge is 0.232 e. The molecular weight excluding hydrogens is 252 g/mol. The monoisotopic (exact) mass is 270 g/mol. The van der Waals surface area contributed by atoms with Gasteiger partial charge in [0.2, 0.25) is 5.91 Å². The summed E-state index contributed by atoms with van der Waals surface area (Å²) in [6.07, 6.45) is 0. The fourth-order valence-corrected chi connectivity index (χ4v) is 2.49. The third-order valence-electron chi connectivity index (χ3n) is 2.18. The second-order valence-electron chi connectivity index (χ2n) is 3.58. The number of nitrogens with two attached hydrogens (primary N) is 1. The highest BCUT2D eigenvalue weighted by molar-refractivity contribution is 7.86. The quantitative estimate of drug-likeness (QED) is 0.753. The molecule has 6 heteroatoms. The molecule has 1 unspecified atom stereocenters. The van der Waals surface area contributed by atoms with Crippen molar-refractivity contribution in [3.63, 3.8) is 0 Å². The molecule has 0 saturated carbocycles. The van der Waals surface area contributed by atoms with Gasteiger partial charge in [0.05, 0.1) is 22.3 Å². The number of anilines is 1. The van der Waals surface area contributed by atoms with E-state index >= 15 is 0 Å². The van der Waals surface area contributed by atoms with E-state index < -0.39 is 10.8 Å². The predicted molar refractivity (Wildman–Crippen MR) is 72.0 cm³/mol. The number of nitrogens with one attached hydrogen (secondary N) is 1. The van der Waals surface area contributed by atoms with Crippen molar-refractivity contribution < 1.29 is 13.7 Å². The number of nitrogen functional groups attached to an aromatic ring is 1. The Morgan fingerprint density at radius 3 is 2.78 bits per heavy atom. The number of amides is 1. The van der Waals surface area contributed by atoms with E-state index in [1.165, 1.54) is 0 Å². The summed E-state index contributed by atoms with van der Waals surface area (Å²) < 4.78 is 17.3. The van der Waals surface area contributed by atoms with Gasteiger partial charge < -0.3 is 15.8 Å². The van der Waals surface area contributed by atoms with E-state index in [-0.39, 0.29) is 11.7 Å². The van der Waals surface area contributed by atoms with Gasteiger partial charge >= 0.3 is 0 Å². The van der Waals surface area contributed by atoms with Gasteiger partial charge in [-0.2, -0.15) is 0 Å². The van der Waals surface area contributed by atoms with Gasteiger partial charge in [0.15, 0.2) is 0 Å². The van der Waals surface area contributed by atoms with Crippen LogP contribution in [0, 0.1) is 0 Å². The van der Waals surface area contributed by atoms with E-state index in [4.69, 9.17) is 10.5 Å². The maximum Gasteiger partial charge on any atom is 0.232 e. The summed E-state index contributed by atoms with van der Waals surface area (Å²) in [5.41, 5.74) is 6.16. The Balaban J connectivity index is 2.83. The third-order valence-corrected chi connectivity index (χ3v) is 3.55. The molecule has 5 nitrogen and oxygen atoms in total. The molecule has 100 valence electrons. The number of benzene rings is 1. The molecule has 0 aliphatic carbocycles. The molecule has 0 aliphatic rings. The Morgan fingerprint density at radius 2 is 2.17 bits per heavy atom. The van der Waals surface area contributed by atoms with Crippen LogP contribution in [0.2, 0.25) is 0 Å². The Labute approximate surface area is 109 Å². The largest absolute Gasteiger partial charge is 0.494 e. The molecule has 18 heavy (non-hydrogen) atoms. The lowest BCUT2D eigenvalue weighted by Crippen LogP contribution is -2.28. The van der Waals surface area contributed by atoms with Crippen molar-refractivity contribution in [2.24, 2.45) is 0 Å². The second kappa shape index (κ2) is 7.00. The molecule has 1 rings (SSSR count). The molecule has 1 aromatic rings. The number of carbonyl (C=O) groups is 1. The van der Waals surface area contributed by atoms with Crippen LogP contribution in [0.15, 0.2) is 23.1 Å². The van der Waals surface area contributed by atoms with Crippen molar-refractivity contribution in [1.29, 1.82) is 0 Å². The maximum atomic E-state index is 12.0. The standard InChI is InChI=1S/C12H18N2O3S/c1-3-14-12(15)8-18(16)11-7-9(17-4-2)5-6-10(11)13/h5-7H,3-4,8,13H2,1-2H3,(H,14,15). The summed E-state index contributed by atoms with van der Waals surface area (Å²) in [6, 6.07) is 4.97. The molecule has 0 spiro atoms. The van der Waals surface area contributed by atoms with E-state index in [0.29, 0.717) is 29.5 Å². The van der Waals surface area contributed by atoms with E-state index in [2.05, 4.69) is 5.32 Å². The van der Waals surface area contributed by atoms with Crippen LogP contribution in [-0.2, 0) is 15.6 Å². The molecule has 1 aromatic carbocycles. The van der Waals surface area contributed by atoms with Crippen LogP contribution in [0.5, 0.6) is 5.75 Å². The molecule has 0 aliphatic heterocycles. The van der Waals surface area contributed by atoms with Crippen LogP contribution in [0.4, 0.5) is 5.69 Å². The molecule has 0 radical (unpaired) electrons. The topological polar surface area (TPSA) is 81.4 Å². The molecule has 0 fully saturated rings. The van der Waals surface area contributed by atoms with Crippen LogP contribution < -0.4 is 15.8 Å². The molecule has 1 atom stereocenters. The highest BCUT2D eigenvalue weighted by atomic mass is 32.2. The van der Waals surface area contributed by atoms with E-state index in [1.54, 1.807) is 18.2 Å². The lowest BCUT2D eigenvalue weighted by Gasteiger charge is -2.09. The summed E-state index contributed by atoms with van der Waals surface area (Å²) >= 11 is 0. The third kappa shape index (κ3) is 4.03. The zero-order valence-corrected chi connectivity index (χ0v) is 11.4. The van der Waals surface area contributed by atoms with Crippen LogP contribution in [0.3, 0.4) is 0 Å². The number of hydrogen-bond acceptors (Lipinski definition) is 4. The van der Waals surface area contributed by atoms with E-state index in [9.17, 15) is 9.00 Å². The Morgan fingerprint density at radius 1 is 1.44 bits per heavy atom. The first-order valence-electron chi connectivity index (χ1n) is 5.75. The zero-order chi connectivity index (χ0) is 13.5. The molecule has 0 bridgehead atoms. The van der Waals surface area contributed by atoms with Gasteiger partial charge in [-0.1, -0.05) is 0 Å². The Hall–Kier alpha value is -1.56. The number of rotatable bonds is 6. The van der Waals surface area contributed by atoms with Crippen LogP contribution in [-0.4, -0.2) is 29.0 Å². The van der Waals surface area contributed by atoms with Gasteiger partial charge in [0.1, 0.15) is 11.5 Å². The fourth-order valence-electron chi connectivity index (χ4n) is 1.41. The van der Waals surface area contributed by atoms with E-state index in [1.807, 2.05) is 13.8 Å². The Bertz CT molecular complexity index is 449. The minimum atomic E-state index is -1.46. The Kier molecular flexibility index (Phi) is 5.64. The lowest BCUT2D eigenvalue weighted by atomic mass is 10.3. The summed E-state index contributed by atoms with van der Waals surface area (Å²) in [5, 5.41) is 2.60. The summed E-state index contributed by atoms with van der Waals surface area (Å²) in [4.78, 5) is 11.8. The fraction of sp³-hybridized carbons (Fsp3) is 0.417. The minimum Gasteiger partial charge on any atom is -0.494 e. The molecule has 0 aromatic heterocycles. The lowest BCUT2D eigenvalue weighted by molar-refractivity contribution is -0.118. The molecular formula is C12H18N2O3S. The summed E-state index contributed by atoms with van der Waals surface area (Å²) in [7, 11) is -1.46. The molecule has 1 amide bonds. The van der Waals surface area contributed by atoms with Crippen molar-refractivity contribution in [1.82, 2.24) is 5.32 Å². The zero-order valence-electron chi connectivity index (χ0n) is 10.6. The maximum absolute atomic E-state index is 12.0. The highest BCUT2D eigenvalue weighted by Gasteiger charge is 2.13. The van der Waals surface area contributed by atoms with Crippen molar-refractivity contribution in [3.8, 4) is 5.75 Å². The van der Waals surface area contributed by atoms with Gasteiger partial charge in [-0.3, -0.25) is 9.00 Å². The first-order chi connectivity index (χ1) is 8.58. The number of ether oxygens (including phenoxy) is 1. The molecule has 0 heterocycles. The number of carbonyl (C=O) groups excluding carboxylic acids is 1. The normalized spacial score (nSPS) is 11.9. The first kappa shape index (κ1) is 14.5. The van der Waals surface area contributed by atoms with Crippen molar-refractivity contribution in [2.45, 2.75) is 18.7 Å². The summed E-state index contributed by atoms with van der Waals surface area (Å²) in [5.74, 6) is 0.260. The molecule has 0 saturated heterocycles. The minimum absolute atomic E-state index is 0.0897. The van der Waals surface area contributed by atoms with Crippen LogP contribution in [0.1, 0.15) is 13.8 Å². The van der Waals surface area contributed by atoms with Gasteiger partial charge in [0, 0.05) is 12.2 Å². The van der Waals surface area contributed by atoms with Crippen molar-refractivity contribution in [2.75, 3.05) is 24.6 Å². The second-order valence-corrected chi connectivity index (χ2v) is 5.00. The summed E-state index contributed by atoms with van der Waals surface area (Å²) in [6.45, 7) is 4.71. The van der Waals surface area contributed by atoms with Crippen LogP contribution >= 0.6 is 0 Å². The van der Waals surface area contributed by atoms with Gasteiger partial charge in [-0.15, -0.1) is 0 Å². The van der Waals surface area contributed by atoms with E-state index in [0.717, 1.165) is 0 Å². The van der Waals surface area contributed by atoms with Gasteiger partial charge in [-0.25, -0.2) is 0 Å².